The van der Waals surface area contributed by atoms with Crippen molar-refractivity contribution in [2.45, 2.75) is 0 Å². The van der Waals surface area contributed by atoms with Gasteiger partial charge < -0.3 is 4.98 Å². The predicted molar refractivity (Wildman–Crippen MR) is 59.4 cm³/mol. The molecule has 0 unspecified atom stereocenters. The van der Waals surface area contributed by atoms with E-state index in [-0.39, 0.29) is 17.2 Å². The van der Waals surface area contributed by atoms with Gasteiger partial charge in [-0.15, -0.1) is 0 Å². The Labute approximate surface area is 95.8 Å². The third-order valence-electron chi connectivity index (χ3n) is 2.29. The highest BCUT2D eigenvalue weighted by atomic mass is 16.1. The summed E-state index contributed by atoms with van der Waals surface area (Å²) in [6.07, 6.45) is 7.54. The third-order valence-corrected chi connectivity index (χ3v) is 2.29. The first-order valence-corrected chi connectivity index (χ1v) is 4.95. The molecule has 3 aromatic rings. The fourth-order valence-corrected chi connectivity index (χ4v) is 1.49. The number of nitrogens with zero attached hydrogens (tertiary/aromatic N) is 4. The van der Waals surface area contributed by atoms with E-state index in [1.807, 2.05) is 0 Å². The average Bonchev–Trinajstić information content (AvgIpc) is 2.86. The summed E-state index contributed by atoms with van der Waals surface area (Å²) < 4.78 is 0. The van der Waals surface area contributed by atoms with E-state index in [1.54, 1.807) is 12.3 Å². The number of carbonyl (C=O) groups excluding carboxylic acids is 1. The van der Waals surface area contributed by atoms with Crippen molar-refractivity contribution >= 4 is 16.9 Å². The van der Waals surface area contributed by atoms with Crippen LogP contribution in [0.3, 0.4) is 0 Å². The Kier molecular flexibility index (Phi) is 2.11. The number of ketones is 1. The van der Waals surface area contributed by atoms with Gasteiger partial charge in [0.15, 0.2) is 5.65 Å². The zero-order valence-electron chi connectivity index (χ0n) is 8.66. The molecule has 3 rings (SSSR count). The Morgan fingerprint density at radius 3 is 2.88 bits per heavy atom. The SMILES string of the molecule is O=C(c1cnccn1)c1cnc2[nH]ccc2n1. The van der Waals surface area contributed by atoms with Gasteiger partial charge in [-0.3, -0.25) is 9.78 Å². The lowest BCUT2D eigenvalue weighted by molar-refractivity contribution is 0.102. The number of aromatic amines is 1. The largest absolute Gasteiger partial charge is 0.345 e. The van der Waals surface area contributed by atoms with Crippen molar-refractivity contribution in [2.75, 3.05) is 0 Å². The molecule has 0 aliphatic rings. The molecule has 3 aromatic heterocycles. The Balaban J connectivity index is 2.06. The molecular formula is C11H7N5O. The summed E-state index contributed by atoms with van der Waals surface area (Å²) in [5.74, 6) is -0.284. The summed E-state index contributed by atoms with van der Waals surface area (Å²) in [5, 5.41) is 0. The second kappa shape index (κ2) is 3.75. The van der Waals surface area contributed by atoms with Gasteiger partial charge in [-0.25, -0.2) is 15.0 Å². The van der Waals surface area contributed by atoms with Crippen LogP contribution in [0, 0.1) is 0 Å². The van der Waals surface area contributed by atoms with Gasteiger partial charge in [0.25, 0.3) is 0 Å². The van der Waals surface area contributed by atoms with Crippen molar-refractivity contribution in [3.8, 4) is 0 Å². The summed E-state index contributed by atoms with van der Waals surface area (Å²) >= 11 is 0. The molecule has 0 fully saturated rings. The van der Waals surface area contributed by atoms with E-state index in [1.165, 1.54) is 24.8 Å². The van der Waals surface area contributed by atoms with Crippen molar-refractivity contribution in [1.29, 1.82) is 0 Å². The van der Waals surface area contributed by atoms with Crippen LogP contribution in [0.4, 0.5) is 0 Å². The van der Waals surface area contributed by atoms with Gasteiger partial charge in [-0.05, 0) is 6.07 Å². The van der Waals surface area contributed by atoms with E-state index in [4.69, 9.17) is 0 Å². The summed E-state index contributed by atoms with van der Waals surface area (Å²) in [6.45, 7) is 0. The number of nitrogens with one attached hydrogen (secondary N) is 1. The van der Waals surface area contributed by atoms with Crippen LogP contribution in [0.5, 0.6) is 0 Å². The molecule has 17 heavy (non-hydrogen) atoms. The van der Waals surface area contributed by atoms with Gasteiger partial charge in [0.05, 0.1) is 12.4 Å². The first-order chi connectivity index (χ1) is 8.34. The molecule has 82 valence electrons. The van der Waals surface area contributed by atoms with Crippen molar-refractivity contribution < 1.29 is 4.79 Å². The van der Waals surface area contributed by atoms with Gasteiger partial charge in [0.2, 0.25) is 5.78 Å². The minimum atomic E-state index is -0.284. The van der Waals surface area contributed by atoms with E-state index in [9.17, 15) is 4.79 Å². The van der Waals surface area contributed by atoms with Crippen LogP contribution in [0.25, 0.3) is 11.2 Å². The molecule has 0 aromatic carbocycles. The molecule has 0 bridgehead atoms. The molecule has 1 N–H and O–H groups in total. The predicted octanol–water partition coefficient (Wildman–Crippen LogP) is 0.979. The van der Waals surface area contributed by atoms with E-state index in [2.05, 4.69) is 24.9 Å². The fraction of sp³-hybridized carbons (Fsp3) is 0. The van der Waals surface area contributed by atoms with Gasteiger partial charge in [0, 0.05) is 18.6 Å². The molecule has 3 heterocycles. The second-order valence-corrected chi connectivity index (χ2v) is 3.39. The molecule has 0 atom stereocenters. The van der Waals surface area contributed by atoms with E-state index in [0.717, 1.165) is 0 Å². The molecule has 0 radical (unpaired) electrons. The van der Waals surface area contributed by atoms with Gasteiger partial charge in [-0.1, -0.05) is 0 Å². The van der Waals surface area contributed by atoms with Gasteiger partial charge >= 0.3 is 0 Å². The maximum absolute atomic E-state index is 12.0. The smallest absolute Gasteiger partial charge is 0.232 e. The molecule has 0 amide bonds. The van der Waals surface area contributed by atoms with Gasteiger partial charge in [0.1, 0.15) is 16.9 Å². The Morgan fingerprint density at radius 2 is 2.06 bits per heavy atom. The standard InChI is InChI=1S/C11H7N5O/c17-10(8-5-12-3-4-13-8)9-6-15-11-7(16-9)1-2-14-11/h1-6H,(H,14,15). The highest BCUT2D eigenvalue weighted by molar-refractivity contribution is 6.06. The quantitative estimate of drug-likeness (QED) is 0.657. The monoisotopic (exact) mass is 225 g/mol. The lowest BCUT2D eigenvalue weighted by Crippen LogP contribution is -2.07. The summed E-state index contributed by atoms with van der Waals surface area (Å²) in [4.78, 5) is 31.0. The molecule has 0 aliphatic heterocycles. The van der Waals surface area contributed by atoms with Crippen molar-refractivity contribution in [1.82, 2.24) is 24.9 Å². The Morgan fingerprint density at radius 1 is 1.12 bits per heavy atom. The number of aromatic nitrogens is 5. The molecule has 0 spiro atoms. The molecule has 6 heteroatoms. The maximum atomic E-state index is 12.0. The first-order valence-electron chi connectivity index (χ1n) is 4.95. The Hall–Kier alpha value is -2.63. The van der Waals surface area contributed by atoms with Crippen LogP contribution in [0.1, 0.15) is 16.2 Å². The van der Waals surface area contributed by atoms with Gasteiger partial charge in [-0.2, -0.15) is 0 Å². The summed E-state index contributed by atoms with van der Waals surface area (Å²) in [5.41, 5.74) is 1.83. The van der Waals surface area contributed by atoms with Crippen molar-refractivity contribution in [3.63, 3.8) is 0 Å². The molecular weight excluding hydrogens is 218 g/mol. The fourth-order valence-electron chi connectivity index (χ4n) is 1.49. The van der Waals surface area contributed by atoms with Crippen LogP contribution in [-0.2, 0) is 0 Å². The zero-order chi connectivity index (χ0) is 11.7. The van der Waals surface area contributed by atoms with Crippen LogP contribution in [0.15, 0.2) is 37.1 Å². The highest BCUT2D eigenvalue weighted by Crippen LogP contribution is 2.09. The number of H-pyrrole nitrogens is 1. The molecule has 0 saturated carbocycles. The van der Waals surface area contributed by atoms with Crippen molar-refractivity contribution in [2.24, 2.45) is 0 Å². The molecule has 0 aliphatic carbocycles. The zero-order valence-corrected chi connectivity index (χ0v) is 8.66. The van der Waals surface area contributed by atoms with Crippen LogP contribution in [0.2, 0.25) is 0 Å². The van der Waals surface area contributed by atoms with Crippen LogP contribution in [-0.4, -0.2) is 30.7 Å². The highest BCUT2D eigenvalue weighted by Gasteiger charge is 2.13. The minimum absolute atomic E-state index is 0.261. The topological polar surface area (TPSA) is 84.4 Å². The maximum Gasteiger partial charge on any atom is 0.232 e. The number of fused-ring (bicyclic) bond motifs is 1. The lowest BCUT2D eigenvalue weighted by atomic mass is 10.2. The van der Waals surface area contributed by atoms with E-state index >= 15 is 0 Å². The number of hydrogen-bond donors (Lipinski definition) is 1. The number of hydrogen-bond acceptors (Lipinski definition) is 5. The number of carbonyl (C=O) groups is 1. The van der Waals surface area contributed by atoms with E-state index < -0.39 is 0 Å². The normalized spacial score (nSPS) is 10.6. The Bertz CT molecular complexity index is 676. The first kappa shape index (κ1) is 9.59. The average molecular weight is 225 g/mol. The summed E-state index contributed by atoms with van der Waals surface area (Å²) in [6, 6.07) is 1.76. The van der Waals surface area contributed by atoms with E-state index in [0.29, 0.717) is 11.2 Å². The third kappa shape index (κ3) is 1.65. The molecule has 6 nitrogen and oxygen atoms in total. The number of rotatable bonds is 2. The summed E-state index contributed by atoms with van der Waals surface area (Å²) in [7, 11) is 0. The van der Waals surface area contributed by atoms with Crippen LogP contribution >= 0.6 is 0 Å². The molecule has 0 saturated heterocycles. The van der Waals surface area contributed by atoms with Crippen molar-refractivity contribution in [3.05, 3.63) is 48.4 Å². The minimum Gasteiger partial charge on any atom is -0.345 e. The van der Waals surface area contributed by atoms with Crippen LogP contribution < -0.4 is 0 Å². The lowest BCUT2D eigenvalue weighted by Gasteiger charge is -1.98. The second-order valence-electron chi connectivity index (χ2n) is 3.39.